The maximum atomic E-state index is 12.5. The molecule has 1 heterocycles. The maximum absolute atomic E-state index is 12.5. The lowest BCUT2D eigenvalue weighted by molar-refractivity contribution is -0.400. The second-order valence-corrected chi connectivity index (χ2v) is 8.30. The smallest absolute Gasteiger partial charge is 0.319 e. The molecule has 146 valence electrons. The Balaban J connectivity index is 2.13. The third kappa shape index (κ3) is 6.22. The van der Waals surface area contributed by atoms with Gasteiger partial charge in [0, 0.05) is 31.9 Å². The fourth-order valence-corrected chi connectivity index (χ4v) is 2.58. The third-order valence-electron chi connectivity index (χ3n) is 3.73. The number of amides is 1. The summed E-state index contributed by atoms with van der Waals surface area (Å²) in [4.78, 5) is 16.6. The molecule has 2 aromatic rings. The number of nitrogens with one attached hydrogen (secondary N) is 3. The Labute approximate surface area is 177 Å². The quantitative estimate of drug-likeness (QED) is 0.115. The Bertz CT molecular complexity index is 902. The first-order valence-corrected chi connectivity index (χ1v) is 9.59. The predicted octanol–water partition coefficient (Wildman–Crippen LogP) is 3.74. The second kappa shape index (κ2) is 9.53. The monoisotopic (exact) mass is 463 g/mol. The van der Waals surface area contributed by atoms with Crippen LogP contribution in [0.25, 0.3) is 0 Å². The summed E-state index contributed by atoms with van der Waals surface area (Å²) in [6, 6.07) is 8.40. The average molecular weight is 465 g/mol. The second-order valence-electron chi connectivity index (χ2n) is 7.01. The highest BCUT2D eigenvalue weighted by Gasteiger charge is 2.28. The number of aromatic nitrogens is 1. The van der Waals surface area contributed by atoms with Gasteiger partial charge in [0.25, 0.3) is 5.91 Å². The van der Waals surface area contributed by atoms with E-state index in [1.165, 1.54) is 11.0 Å². The molecule has 28 heavy (non-hydrogen) atoms. The van der Waals surface area contributed by atoms with Crippen molar-refractivity contribution in [1.29, 1.82) is 5.26 Å². The molecule has 0 aliphatic rings. The molecule has 0 aliphatic carbocycles. The number of anilines is 1. The Morgan fingerprint density at radius 1 is 1.32 bits per heavy atom. The maximum Gasteiger partial charge on any atom is 0.394 e. The van der Waals surface area contributed by atoms with Crippen LogP contribution in [0.1, 0.15) is 31.1 Å². The fourth-order valence-electron chi connectivity index (χ4n) is 2.15. The van der Waals surface area contributed by atoms with Crippen LogP contribution >= 0.6 is 27.5 Å². The molecule has 0 saturated carbocycles. The zero-order valence-electron chi connectivity index (χ0n) is 15.7. The van der Waals surface area contributed by atoms with E-state index in [9.17, 15) is 10.1 Å². The number of pyridine rings is 1. The number of halogens is 2. The third-order valence-corrected chi connectivity index (χ3v) is 4.68. The van der Waals surface area contributed by atoms with Gasteiger partial charge in [-0.1, -0.05) is 37.1 Å². The van der Waals surface area contributed by atoms with Crippen LogP contribution in [0.5, 0.6) is 0 Å². The van der Waals surface area contributed by atoms with Crippen molar-refractivity contribution >= 4 is 45.5 Å². The van der Waals surface area contributed by atoms with Crippen LogP contribution in [-0.4, -0.2) is 28.1 Å². The highest BCUT2D eigenvalue weighted by Crippen LogP contribution is 2.20. The van der Waals surface area contributed by atoms with Crippen LogP contribution in [-0.2, 0) is 0 Å². The lowest BCUT2D eigenvalue weighted by Gasteiger charge is -2.29. The Morgan fingerprint density at radius 3 is 2.57 bits per heavy atom. The van der Waals surface area contributed by atoms with E-state index in [0.29, 0.717) is 16.3 Å². The van der Waals surface area contributed by atoms with E-state index in [1.54, 1.807) is 42.7 Å². The minimum Gasteiger partial charge on any atom is -0.319 e. The molecule has 3 N–H and O–H groups in total. The van der Waals surface area contributed by atoms with Gasteiger partial charge < -0.3 is 5.32 Å². The molecule has 1 atom stereocenters. The van der Waals surface area contributed by atoms with E-state index in [0.717, 1.165) is 4.47 Å². The largest absolute Gasteiger partial charge is 0.394 e. The number of carbonyl (C=O) groups excluding carboxylic acids is 1. The molecule has 0 spiro atoms. The molecule has 9 heteroatoms. The standard InChI is InChI=1S/C19H20BrClN6O/c1-19(2,3)18(25-17(28)13-4-6-14(21)7-5-13)24-12-27(11-22)26-16-10-23-9-8-15(16)20/h4-10,12,18,26H,1-3H3,(H,25,28)/p+1. The van der Waals surface area contributed by atoms with E-state index in [-0.39, 0.29) is 11.3 Å². The highest BCUT2D eigenvalue weighted by atomic mass is 79.9. The van der Waals surface area contributed by atoms with Crippen LogP contribution in [0.2, 0.25) is 5.02 Å². The molecular formula is C19H21BrClN6O+. The molecule has 1 aromatic carbocycles. The van der Waals surface area contributed by atoms with Gasteiger partial charge in [-0.15, -0.1) is 0 Å². The molecule has 0 aliphatic heterocycles. The van der Waals surface area contributed by atoms with Gasteiger partial charge in [-0.3, -0.25) is 15.1 Å². The van der Waals surface area contributed by atoms with Crippen molar-refractivity contribution in [1.82, 2.24) is 15.6 Å². The molecule has 1 amide bonds. The predicted molar refractivity (Wildman–Crippen MR) is 113 cm³/mol. The summed E-state index contributed by atoms with van der Waals surface area (Å²) in [5.74, 6) is -0.246. The van der Waals surface area contributed by atoms with Crippen LogP contribution < -0.4 is 16.1 Å². The number of benzene rings is 1. The van der Waals surface area contributed by atoms with Crippen molar-refractivity contribution in [3.05, 3.63) is 57.8 Å². The SMILES string of the molecule is CC(C)(C)C(NC=[N+](C#N)Nc1cnccc1Br)NC(=O)c1ccc(Cl)cc1. The van der Waals surface area contributed by atoms with Gasteiger partial charge in [0.15, 0.2) is 0 Å². The summed E-state index contributed by atoms with van der Waals surface area (Å²) < 4.78 is 1.95. The number of hydrazone groups is 1. The van der Waals surface area contributed by atoms with Crippen molar-refractivity contribution in [3.8, 4) is 6.19 Å². The van der Waals surface area contributed by atoms with Gasteiger partial charge in [0.05, 0.1) is 6.20 Å². The molecule has 0 fully saturated rings. The van der Waals surface area contributed by atoms with E-state index in [1.807, 2.05) is 27.0 Å². The Kier molecular flexibility index (Phi) is 7.38. The Morgan fingerprint density at radius 2 is 2.00 bits per heavy atom. The molecule has 7 nitrogen and oxygen atoms in total. The number of carbonyl (C=O) groups is 1. The topological polar surface area (TPSA) is 92.8 Å². The van der Waals surface area contributed by atoms with E-state index >= 15 is 0 Å². The summed E-state index contributed by atoms with van der Waals surface area (Å²) in [6.07, 6.45) is 6.24. The normalized spacial score (nSPS) is 12.6. The molecule has 0 bridgehead atoms. The van der Waals surface area contributed by atoms with Crippen LogP contribution in [0.4, 0.5) is 5.69 Å². The first-order valence-electron chi connectivity index (χ1n) is 8.41. The highest BCUT2D eigenvalue weighted by molar-refractivity contribution is 9.10. The van der Waals surface area contributed by atoms with Crippen molar-refractivity contribution < 1.29 is 9.48 Å². The van der Waals surface area contributed by atoms with Gasteiger partial charge in [-0.25, -0.2) is 5.43 Å². The zero-order chi connectivity index (χ0) is 20.7. The van der Waals surface area contributed by atoms with Gasteiger partial charge in [0.1, 0.15) is 11.9 Å². The number of hydrogen-bond acceptors (Lipinski definition) is 4. The van der Waals surface area contributed by atoms with Crippen molar-refractivity contribution in [2.24, 2.45) is 5.41 Å². The number of nitriles is 1. The summed E-state index contributed by atoms with van der Waals surface area (Å²) in [5, 5.41) is 16.0. The van der Waals surface area contributed by atoms with Crippen molar-refractivity contribution in [2.75, 3.05) is 5.43 Å². The number of rotatable bonds is 6. The summed E-state index contributed by atoms with van der Waals surface area (Å²) >= 11 is 9.26. The van der Waals surface area contributed by atoms with Gasteiger partial charge in [-0.05, 0) is 46.3 Å². The van der Waals surface area contributed by atoms with Crippen LogP contribution in [0, 0.1) is 16.9 Å². The van der Waals surface area contributed by atoms with Gasteiger partial charge in [0.2, 0.25) is 6.34 Å². The minimum absolute atomic E-state index is 0.246. The molecule has 2 rings (SSSR count). The lowest BCUT2D eigenvalue weighted by Crippen LogP contribution is -2.53. The van der Waals surface area contributed by atoms with Crippen molar-refractivity contribution in [2.45, 2.75) is 26.9 Å². The van der Waals surface area contributed by atoms with E-state index in [2.05, 4.69) is 37.0 Å². The minimum atomic E-state index is -0.439. The lowest BCUT2D eigenvalue weighted by atomic mass is 9.92. The van der Waals surface area contributed by atoms with E-state index in [4.69, 9.17) is 11.6 Å². The molecule has 1 aromatic heterocycles. The van der Waals surface area contributed by atoms with Gasteiger partial charge >= 0.3 is 6.19 Å². The zero-order valence-corrected chi connectivity index (χ0v) is 18.0. The fraction of sp³-hybridized carbons (Fsp3) is 0.263. The molecular weight excluding hydrogens is 444 g/mol. The van der Waals surface area contributed by atoms with Gasteiger partial charge in [-0.2, -0.15) is 0 Å². The Hall–Kier alpha value is -2.63. The summed E-state index contributed by atoms with van der Waals surface area (Å²) in [6.45, 7) is 5.92. The molecule has 0 radical (unpaired) electrons. The number of hydrogen-bond donors (Lipinski definition) is 3. The molecule has 0 saturated heterocycles. The number of hydrazine groups is 1. The van der Waals surface area contributed by atoms with Crippen molar-refractivity contribution in [3.63, 3.8) is 0 Å². The van der Waals surface area contributed by atoms with E-state index < -0.39 is 6.17 Å². The number of nitrogens with zero attached hydrogens (tertiary/aromatic N) is 3. The van der Waals surface area contributed by atoms with Crippen LogP contribution in [0.15, 0.2) is 47.2 Å². The average Bonchev–Trinajstić information content (AvgIpc) is 2.64. The first-order chi connectivity index (χ1) is 13.2. The first kappa shape index (κ1) is 21.7. The molecule has 1 unspecified atom stereocenters. The summed E-state index contributed by atoms with van der Waals surface area (Å²) in [5.41, 5.74) is 3.71. The van der Waals surface area contributed by atoms with Crippen LogP contribution in [0.3, 0.4) is 0 Å². The summed E-state index contributed by atoms with van der Waals surface area (Å²) in [7, 11) is 0.